The molecule has 1 aliphatic heterocycles. The van der Waals surface area contributed by atoms with E-state index in [0.717, 1.165) is 5.82 Å². The fraction of sp³-hybridized carbons (Fsp3) is 0.294. The summed E-state index contributed by atoms with van der Waals surface area (Å²) in [5.41, 5.74) is 1.35. The van der Waals surface area contributed by atoms with E-state index in [0.29, 0.717) is 48.3 Å². The number of anilines is 2. The van der Waals surface area contributed by atoms with Gasteiger partial charge in [0, 0.05) is 37.9 Å². The van der Waals surface area contributed by atoms with Crippen LogP contribution in [0, 0.1) is 0 Å². The fourth-order valence-corrected chi connectivity index (χ4v) is 3.16. The van der Waals surface area contributed by atoms with Crippen LogP contribution in [0.4, 0.5) is 16.3 Å². The highest BCUT2D eigenvalue weighted by molar-refractivity contribution is 6.32. The summed E-state index contributed by atoms with van der Waals surface area (Å²) in [5.74, 6) is 1.36. The van der Waals surface area contributed by atoms with Crippen LogP contribution < -0.4 is 15.0 Å². The minimum atomic E-state index is -0.152. The van der Waals surface area contributed by atoms with Crippen molar-refractivity contribution in [3.8, 4) is 5.75 Å². The maximum absolute atomic E-state index is 12.5. The Bertz CT molecular complexity index is 969. The van der Waals surface area contributed by atoms with Gasteiger partial charge in [-0.1, -0.05) is 11.6 Å². The van der Waals surface area contributed by atoms with Crippen molar-refractivity contribution in [2.24, 2.45) is 0 Å². The molecule has 0 saturated carbocycles. The highest BCUT2D eigenvalue weighted by Crippen LogP contribution is 2.27. The van der Waals surface area contributed by atoms with Crippen LogP contribution in [0.5, 0.6) is 5.75 Å². The number of hydrogen-bond acceptors (Lipinski definition) is 6. The van der Waals surface area contributed by atoms with Gasteiger partial charge in [0.15, 0.2) is 5.65 Å². The van der Waals surface area contributed by atoms with Gasteiger partial charge in [-0.3, -0.25) is 0 Å². The second kappa shape index (κ2) is 7.28. The molecule has 0 atom stereocenters. The number of rotatable bonds is 3. The molecule has 1 N–H and O–H groups in total. The first-order valence-electron chi connectivity index (χ1n) is 8.45. The average Bonchev–Trinajstić information content (AvgIpc) is 3.17. The van der Waals surface area contributed by atoms with E-state index in [9.17, 15) is 4.79 Å². The molecule has 1 aromatic carbocycles. The summed E-state index contributed by atoms with van der Waals surface area (Å²) >= 11 is 6.02. The van der Waals surface area contributed by atoms with E-state index in [2.05, 4.69) is 25.5 Å². The summed E-state index contributed by atoms with van der Waals surface area (Å²) in [5, 5.41) is 15.7. The molecule has 1 saturated heterocycles. The molecule has 4 rings (SSSR count). The summed E-state index contributed by atoms with van der Waals surface area (Å²) < 4.78 is 6.82. The standard InChI is InChI=1S/C17H18ClN7O2/c1-27-14-10-12(2-3-13(14)18)20-17(26)24-8-6-23(7-9-24)16-5-4-15-21-19-11-25(15)22-16/h2-5,10-11H,6-9H2,1H3,(H,20,26). The van der Waals surface area contributed by atoms with Gasteiger partial charge in [-0.05, 0) is 24.3 Å². The van der Waals surface area contributed by atoms with Crippen molar-refractivity contribution in [2.75, 3.05) is 43.5 Å². The molecule has 1 aliphatic rings. The topological polar surface area (TPSA) is 87.9 Å². The number of halogens is 1. The second-order valence-corrected chi connectivity index (χ2v) is 6.49. The van der Waals surface area contributed by atoms with Crippen LogP contribution in [0.3, 0.4) is 0 Å². The Morgan fingerprint density at radius 2 is 2.00 bits per heavy atom. The first-order chi connectivity index (χ1) is 13.1. The van der Waals surface area contributed by atoms with Crippen LogP contribution in [0.15, 0.2) is 36.7 Å². The van der Waals surface area contributed by atoms with Gasteiger partial charge in [-0.2, -0.15) is 4.52 Å². The Hall–Kier alpha value is -3.07. The predicted octanol–water partition coefficient (Wildman–Crippen LogP) is 2.14. The fourth-order valence-electron chi connectivity index (χ4n) is 2.97. The normalized spacial score (nSPS) is 14.4. The van der Waals surface area contributed by atoms with Crippen molar-refractivity contribution < 1.29 is 9.53 Å². The van der Waals surface area contributed by atoms with Crippen LogP contribution in [0.25, 0.3) is 5.65 Å². The van der Waals surface area contributed by atoms with Crippen molar-refractivity contribution >= 4 is 34.8 Å². The van der Waals surface area contributed by atoms with Crippen LogP contribution >= 0.6 is 11.6 Å². The number of aromatic nitrogens is 4. The SMILES string of the molecule is COc1cc(NC(=O)N2CCN(c3ccc4nncn4n3)CC2)ccc1Cl. The molecular weight excluding hydrogens is 370 g/mol. The third kappa shape index (κ3) is 3.59. The highest BCUT2D eigenvalue weighted by atomic mass is 35.5. The monoisotopic (exact) mass is 387 g/mol. The summed E-state index contributed by atoms with van der Waals surface area (Å²) in [4.78, 5) is 16.4. The first-order valence-corrected chi connectivity index (χ1v) is 8.83. The Labute approximate surface area is 160 Å². The van der Waals surface area contributed by atoms with Gasteiger partial charge in [-0.25, -0.2) is 4.79 Å². The van der Waals surface area contributed by atoms with E-state index in [4.69, 9.17) is 16.3 Å². The van der Waals surface area contributed by atoms with Crippen LogP contribution in [-0.2, 0) is 0 Å². The molecule has 0 spiro atoms. The number of hydrogen-bond donors (Lipinski definition) is 1. The molecule has 3 heterocycles. The summed E-state index contributed by atoms with van der Waals surface area (Å²) in [6, 6.07) is 8.79. The van der Waals surface area contributed by atoms with E-state index in [1.54, 1.807) is 33.9 Å². The Morgan fingerprint density at radius 1 is 1.19 bits per heavy atom. The van der Waals surface area contributed by atoms with Crippen molar-refractivity contribution in [1.82, 2.24) is 24.7 Å². The van der Waals surface area contributed by atoms with Gasteiger partial charge in [-0.15, -0.1) is 15.3 Å². The second-order valence-electron chi connectivity index (χ2n) is 6.08. The van der Waals surface area contributed by atoms with Gasteiger partial charge >= 0.3 is 6.03 Å². The molecular formula is C17H18ClN7O2. The van der Waals surface area contributed by atoms with Gasteiger partial charge in [0.1, 0.15) is 17.9 Å². The van der Waals surface area contributed by atoms with E-state index in [1.807, 2.05) is 12.1 Å². The summed E-state index contributed by atoms with van der Waals surface area (Å²) in [7, 11) is 1.54. The van der Waals surface area contributed by atoms with Gasteiger partial charge < -0.3 is 19.9 Å². The van der Waals surface area contributed by atoms with Crippen molar-refractivity contribution in [2.45, 2.75) is 0 Å². The van der Waals surface area contributed by atoms with Gasteiger partial charge in [0.2, 0.25) is 0 Å². The number of benzene rings is 1. The average molecular weight is 388 g/mol. The number of carbonyl (C=O) groups is 1. The number of carbonyl (C=O) groups excluding carboxylic acids is 1. The zero-order valence-corrected chi connectivity index (χ0v) is 15.4. The van der Waals surface area contributed by atoms with Gasteiger partial charge in [0.25, 0.3) is 0 Å². The molecule has 2 aromatic heterocycles. The molecule has 0 aliphatic carbocycles. The van der Waals surface area contributed by atoms with Crippen molar-refractivity contribution in [3.63, 3.8) is 0 Å². The Kier molecular flexibility index (Phi) is 4.68. The minimum Gasteiger partial charge on any atom is -0.495 e. The molecule has 27 heavy (non-hydrogen) atoms. The predicted molar refractivity (Wildman–Crippen MR) is 102 cm³/mol. The number of methoxy groups -OCH3 is 1. The maximum Gasteiger partial charge on any atom is 0.321 e. The molecule has 9 nitrogen and oxygen atoms in total. The summed E-state index contributed by atoms with van der Waals surface area (Å²) in [6.45, 7) is 2.58. The van der Waals surface area contributed by atoms with E-state index < -0.39 is 0 Å². The third-order valence-electron chi connectivity index (χ3n) is 4.44. The molecule has 0 unspecified atom stereocenters. The number of urea groups is 1. The Morgan fingerprint density at radius 3 is 2.78 bits per heavy atom. The lowest BCUT2D eigenvalue weighted by Crippen LogP contribution is -2.50. The molecule has 0 bridgehead atoms. The largest absolute Gasteiger partial charge is 0.495 e. The highest BCUT2D eigenvalue weighted by Gasteiger charge is 2.22. The number of ether oxygens (including phenoxy) is 1. The maximum atomic E-state index is 12.5. The lowest BCUT2D eigenvalue weighted by molar-refractivity contribution is 0.208. The zero-order chi connectivity index (χ0) is 18.8. The van der Waals surface area contributed by atoms with Gasteiger partial charge in [0.05, 0.1) is 12.1 Å². The molecule has 2 amide bonds. The lowest BCUT2D eigenvalue weighted by atomic mass is 10.3. The molecule has 140 valence electrons. The molecule has 10 heteroatoms. The number of amides is 2. The number of fused-ring (bicyclic) bond motifs is 1. The summed E-state index contributed by atoms with van der Waals surface area (Å²) in [6.07, 6.45) is 1.57. The number of nitrogens with one attached hydrogen (secondary N) is 1. The van der Waals surface area contributed by atoms with Crippen molar-refractivity contribution in [3.05, 3.63) is 41.7 Å². The van der Waals surface area contributed by atoms with Crippen LogP contribution in [0.2, 0.25) is 5.02 Å². The number of nitrogens with zero attached hydrogens (tertiary/aromatic N) is 6. The Balaban J connectivity index is 1.37. The van der Waals surface area contributed by atoms with Crippen molar-refractivity contribution in [1.29, 1.82) is 0 Å². The van der Waals surface area contributed by atoms with Crippen LogP contribution in [0.1, 0.15) is 0 Å². The molecule has 1 fully saturated rings. The lowest BCUT2D eigenvalue weighted by Gasteiger charge is -2.35. The first kappa shape index (κ1) is 17.3. The van der Waals surface area contributed by atoms with E-state index in [-0.39, 0.29) is 6.03 Å². The minimum absolute atomic E-state index is 0.152. The quantitative estimate of drug-likeness (QED) is 0.740. The van der Waals surface area contributed by atoms with E-state index >= 15 is 0 Å². The molecule has 0 radical (unpaired) electrons. The zero-order valence-electron chi connectivity index (χ0n) is 14.7. The number of piperazine rings is 1. The smallest absolute Gasteiger partial charge is 0.321 e. The van der Waals surface area contributed by atoms with E-state index in [1.165, 1.54) is 7.11 Å². The van der Waals surface area contributed by atoms with Crippen LogP contribution in [-0.4, -0.2) is 64.0 Å². The third-order valence-corrected chi connectivity index (χ3v) is 4.75. The molecule has 3 aromatic rings.